The van der Waals surface area contributed by atoms with E-state index >= 15 is 0 Å². The fourth-order valence-electron chi connectivity index (χ4n) is 4.12. The van der Waals surface area contributed by atoms with E-state index in [1.165, 1.54) is 5.56 Å². The van der Waals surface area contributed by atoms with E-state index in [1.54, 1.807) is 32.7 Å². The SMILES string of the molecule is COc1cc(-c2cnc(CNC3CCN(Cc4ccccc4)CC3)s2)cc(OC)c1OC. The summed E-state index contributed by atoms with van der Waals surface area (Å²) in [5.74, 6) is 1.90. The third kappa shape index (κ3) is 5.41. The lowest BCUT2D eigenvalue weighted by Gasteiger charge is -2.32. The Hall–Kier alpha value is -2.61. The van der Waals surface area contributed by atoms with E-state index in [4.69, 9.17) is 14.2 Å². The van der Waals surface area contributed by atoms with Gasteiger partial charge in [0, 0.05) is 30.9 Å². The van der Waals surface area contributed by atoms with Gasteiger partial charge in [0.15, 0.2) is 11.5 Å². The molecule has 0 radical (unpaired) electrons. The van der Waals surface area contributed by atoms with E-state index in [0.29, 0.717) is 23.3 Å². The van der Waals surface area contributed by atoms with E-state index in [9.17, 15) is 0 Å². The van der Waals surface area contributed by atoms with Gasteiger partial charge in [-0.05, 0) is 43.6 Å². The number of nitrogens with zero attached hydrogens (tertiary/aromatic N) is 2. The minimum absolute atomic E-state index is 0.538. The Bertz CT molecular complexity index is 976. The second kappa shape index (κ2) is 10.8. The van der Waals surface area contributed by atoms with E-state index < -0.39 is 0 Å². The average Bonchev–Trinajstić information content (AvgIpc) is 3.32. The molecule has 2 heterocycles. The molecular formula is C25H31N3O3S. The molecular weight excluding hydrogens is 422 g/mol. The Labute approximate surface area is 194 Å². The zero-order valence-corrected chi connectivity index (χ0v) is 19.8. The highest BCUT2D eigenvalue weighted by Crippen LogP contribution is 2.42. The zero-order valence-electron chi connectivity index (χ0n) is 19.0. The van der Waals surface area contributed by atoms with Crippen molar-refractivity contribution < 1.29 is 14.2 Å². The molecule has 7 heteroatoms. The Morgan fingerprint density at radius 3 is 2.31 bits per heavy atom. The summed E-state index contributed by atoms with van der Waals surface area (Å²) in [5.41, 5.74) is 2.40. The van der Waals surface area contributed by atoms with Crippen LogP contribution in [0.2, 0.25) is 0 Å². The van der Waals surface area contributed by atoms with Gasteiger partial charge in [0.2, 0.25) is 5.75 Å². The summed E-state index contributed by atoms with van der Waals surface area (Å²) in [5, 5.41) is 4.79. The van der Waals surface area contributed by atoms with Crippen LogP contribution in [0.1, 0.15) is 23.4 Å². The van der Waals surface area contributed by atoms with Gasteiger partial charge in [-0.3, -0.25) is 4.90 Å². The number of rotatable bonds is 9. The number of hydrogen-bond acceptors (Lipinski definition) is 7. The monoisotopic (exact) mass is 453 g/mol. The molecule has 170 valence electrons. The van der Waals surface area contributed by atoms with Crippen molar-refractivity contribution in [2.45, 2.75) is 32.0 Å². The lowest BCUT2D eigenvalue weighted by molar-refractivity contribution is 0.190. The molecule has 1 aliphatic rings. The number of ether oxygens (including phenoxy) is 3. The third-order valence-electron chi connectivity index (χ3n) is 5.88. The fraction of sp³-hybridized carbons (Fsp3) is 0.400. The molecule has 4 rings (SSSR count). The normalized spacial score (nSPS) is 15.0. The summed E-state index contributed by atoms with van der Waals surface area (Å²) < 4.78 is 16.4. The number of aromatic nitrogens is 1. The quantitative estimate of drug-likeness (QED) is 0.511. The topological polar surface area (TPSA) is 55.9 Å². The maximum Gasteiger partial charge on any atom is 0.203 e. The Balaban J connectivity index is 1.32. The lowest BCUT2D eigenvalue weighted by atomic mass is 10.0. The number of benzene rings is 2. The standard InChI is InChI=1S/C25H31N3O3S/c1-29-21-13-19(14-22(30-2)25(21)31-3)23-15-27-24(32-23)16-26-20-9-11-28(12-10-20)17-18-7-5-4-6-8-18/h4-8,13-15,20,26H,9-12,16-17H2,1-3H3. The maximum atomic E-state index is 5.48. The Kier molecular flexibility index (Phi) is 7.63. The molecule has 1 aromatic heterocycles. The lowest BCUT2D eigenvalue weighted by Crippen LogP contribution is -2.41. The number of hydrogen-bond donors (Lipinski definition) is 1. The highest BCUT2D eigenvalue weighted by atomic mass is 32.1. The molecule has 6 nitrogen and oxygen atoms in total. The van der Waals surface area contributed by atoms with Crippen molar-refractivity contribution in [2.24, 2.45) is 0 Å². The van der Waals surface area contributed by atoms with Crippen molar-refractivity contribution in [1.29, 1.82) is 0 Å². The van der Waals surface area contributed by atoms with Crippen LogP contribution in [-0.4, -0.2) is 50.3 Å². The predicted octanol–water partition coefficient (Wildman–Crippen LogP) is 4.59. The predicted molar refractivity (Wildman–Crippen MR) is 129 cm³/mol. The molecule has 0 atom stereocenters. The Morgan fingerprint density at radius 1 is 1.00 bits per heavy atom. The summed E-state index contributed by atoms with van der Waals surface area (Å²) in [7, 11) is 4.88. The molecule has 1 saturated heterocycles. The van der Waals surface area contributed by atoms with Gasteiger partial charge in [-0.1, -0.05) is 30.3 Å². The first kappa shape index (κ1) is 22.6. The first-order chi connectivity index (χ1) is 15.7. The van der Waals surface area contributed by atoms with Crippen LogP contribution in [0, 0.1) is 0 Å². The first-order valence-corrected chi connectivity index (χ1v) is 11.8. The number of thiazole rings is 1. The molecule has 1 N–H and O–H groups in total. The molecule has 0 spiro atoms. The van der Waals surface area contributed by atoms with Gasteiger partial charge in [-0.2, -0.15) is 0 Å². The molecule has 0 aliphatic carbocycles. The van der Waals surface area contributed by atoms with Gasteiger partial charge in [-0.15, -0.1) is 11.3 Å². The van der Waals surface area contributed by atoms with Crippen molar-refractivity contribution in [2.75, 3.05) is 34.4 Å². The molecule has 0 amide bonds. The van der Waals surface area contributed by atoms with Crippen LogP contribution in [0.3, 0.4) is 0 Å². The van der Waals surface area contributed by atoms with Crippen molar-refractivity contribution in [3.8, 4) is 27.7 Å². The van der Waals surface area contributed by atoms with Gasteiger partial charge in [-0.25, -0.2) is 4.98 Å². The molecule has 1 aliphatic heterocycles. The Morgan fingerprint density at radius 2 is 1.69 bits per heavy atom. The molecule has 0 unspecified atom stereocenters. The van der Waals surface area contributed by atoms with Crippen LogP contribution in [-0.2, 0) is 13.1 Å². The number of nitrogens with one attached hydrogen (secondary N) is 1. The number of methoxy groups -OCH3 is 3. The van der Waals surface area contributed by atoms with Crippen LogP contribution >= 0.6 is 11.3 Å². The van der Waals surface area contributed by atoms with Crippen molar-refractivity contribution >= 4 is 11.3 Å². The number of piperidine rings is 1. The van der Waals surface area contributed by atoms with E-state index in [2.05, 4.69) is 45.5 Å². The largest absolute Gasteiger partial charge is 0.493 e. The van der Waals surface area contributed by atoms with Gasteiger partial charge in [0.05, 0.1) is 26.2 Å². The number of likely N-dealkylation sites (tertiary alicyclic amines) is 1. The average molecular weight is 454 g/mol. The third-order valence-corrected chi connectivity index (χ3v) is 6.93. The van der Waals surface area contributed by atoms with E-state index in [1.807, 2.05) is 18.3 Å². The summed E-state index contributed by atoms with van der Waals surface area (Å²) >= 11 is 1.69. The molecule has 32 heavy (non-hydrogen) atoms. The minimum Gasteiger partial charge on any atom is -0.493 e. The van der Waals surface area contributed by atoms with Crippen LogP contribution < -0.4 is 19.5 Å². The van der Waals surface area contributed by atoms with Crippen molar-refractivity contribution in [3.05, 3.63) is 59.2 Å². The van der Waals surface area contributed by atoms with Gasteiger partial charge < -0.3 is 19.5 Å². The molecule has 3 aromatic rings. The molecule has 2 aromatic carbocycles. The van der Waals surface area contributed by atoms with Crippen LogP contribution in [0.15, 0.2) is 48.7 Å². The summed E-state index contributed by atoms with van der Waals surface area (Å²) in [6, 6.07) is 15.2. The van der Waals surface area contributed by atoms with Crippen LogP contribution in [0.4, 0.5) is 0 Å². The van der Waals surface area contributed by atoms with Gasteiger partial charge in [0.1, 0.15) is 5.01 Å². The molecule has 0 saturated carbocycles. The smallest absolute Gasteiger partial charge is 0.203 e. The summed E-state index contributed by atoms with van der Waals surface area (Å²) in [6.45, 7) is 4.08. The van der Waals surface area contributed by atoms with Gasteiger partial charge >= 0.3 is 0 Å². The minimum atomic E-state index is 0.538. The molecule has 1 fully saturated rings. The summed E-state index contributed by atoms with van der Waals surface area (Å²) in [6.07, 6.45) is 4.25. The first-order valence-electron chi connectivity index (χ1n) is 10.9. The van der Waals surface area contributed by atoms with Gasteiger partial charge in [0.25, 0.3) is 0 Å². The van der Waals surface area contributed by atoms with Crippen LogP contribution in [0.25, 0.3) is 10.4 Å². The maximum absolute atomic E-state index is 5.48. The van der Waals surface area contributed by atoms with Crippen molar-refractivity contribution in [1.82, 2.24) is 15.2 Å². The van der Waals surface area contributed by atoms with E-state index in [0.717, 1.165) is 54.5 Å². The second-order valence-corrected chi connectivity index (χ2v) is 9.06. The molecule has 0 bridgehead atoms. The second-order valence-electron chi connectivity index (χ2n) is 7.95. The summed E-state index contributed by atoms with van der Waals surface area (Å²) in [4.78, 5) is 8.26. The highest BCUT2D eigenvalue weighted by molar-refractivity contribution is 7.15. The van der Waals surface area contributed by atoms with Crippen LogP contribution in [0.5, 0.6) is 17.2 Å². The zero-order chi connectivity index (χ0) is 22.3. The van der Waals surface area contributed by atoms with Crippen molar-refractivity contribution in [3.63, 3.8) is 0 Å². The van der Waals surface area contributed by atoms with E-state index in [-0.39, 0.29) is 0 Å². The highest BCUT2D eigenvalue weighted by Gasteiger charge is 2.20. The fourth-order valence-corrected chi connectivity index (χ4v) is 4.97.